The fourth-order valence-corrected chi connectivity index (χ4v) is 1.14. The summed E-state index contributed by atoms with van der Waals surface area (Å²) in [5, 5.41) is 0.682. The van der Waals surface area contributed by atoms with Crippen molar-refractivity contribution >= 4 is 23.2 Å². The first-order chi connectivity index (χ1) is 6.25. The first-order valence-electron chi connectivity index (χ1n) is 3.49. The lowest BCUT2D eigenvalue weighted by Gasteiger charge is -1.93. The average molecular weight is 215 g/mol. The predicted octanol–water partition coefficient (Wildman–Crippen LogP) is 3.04. The molecule has 0 saturated heterocycles. The van der Waals surface area contributed by atoms with Crippen molar-refractivity contribution in [2.24, 2.45) is 0 Å². The SMILES string of the molecule is Clc1ccc(-c2cnc(Cl)o2)nc1. The van der Waals surface area contributed by atoms with Gasteiger partial charge in [-0.05, 0) is 23.7 Å². The molecule has 3 nitrogen and oxygen atoms in total. The van der Waals surface area contributed by atoms with Crippen LogP contribution < -0.4 is 0 Å². The van der Waals surface area contributed by atoms with E-state index in [1.165, 1.54) is 12.4 Å². The molecule has 0 amide bonds. The van der Waals surface area contributed by atoms with Gasteiger partial charge in [-0.2, -0.15) is 0 Å². The van der Waals surface area contributed by atoms with E-state index in [1.807, 2.05) is 0 Å². The summed E-state index contributed by atoms with van der Waals surface area (Å²) in [5.74, 6) is 0.529. The molecule has 0 atom stereocenters. The van der Waals surface area contributed by atoms with Crippen LogP contribution >= 0.6 is 23.2 Å². The summed E-state index contributed by atoms with van der Waals surface area (Å²) in [6, 6.07) is 3.46. The van der Waals surface area contributed by atoms with Crippen LogP contribution in [0.2, 0.25) is 10.4 Å². The molecule has 2 rings (SSSR count). The molecule has 0 saturated carbocycles. The zero-order chi connectivity index (χ0) is 9.26. The first kappa shape index (κ1) is 8.53. The van der Waals surface area contributed by atoms with Gasteiger partial charge in [0.2, 0.25) is 0 Å². The van der Waals surface area contributed by atoms with Gasteiger partial charge < -0.3 is 4.42 Å². The minimum absolute atomic E-state index is 0.103. The molecular weight excluding hydrogens is 211 g/mol. The Bertz CT molecular complexity index is 410. The minimum Gasteiger partial charge on any atom is -0.426 e. The minimum atomic E-state index is 0.103. The second-order valence-corrected chi connectivity index (χ2v) is 3.10. The predicted molar refractivity (Wildman–Crippen MR) is 49.8 cm³/mol. The molecule has 13 heavy (non-hydrogen) atoms. The number of rotatable bonds is 1. The van der Waals surface area contributed by atoms with E-state index in [9.17, 15) is 0 Å². The van der Waals surface area contributed by atoms with Crippen LogP contribution in [0.4, 0.5) is 0 Å². The number of hydrogen-bond donors (Lipinski definition) is 0. The number of aromatic nitrogens is 2. The third kappa shape index (κ3) is 1.82. The quantitative estimate of drug-likeness (QED) is 0.733. The Labute approximate surface area is 84.3 Å². The largest absolute Gasteiger partial charge is 0.426 e. The van der Waals surface area contributed by atoms with Crippen LogP contribution in [-0.4, -0.2) is 9.97 Å². The lowest BCUT2D eigenvalue weighted by Crippen LogP contribution is -1.78. The Balaban J connectivity index is 2.41. The smallest absolute Gasteiger partial charge is 0.292 e. The fraction of sp³-hybridized carbons (Fsp3) is 0. The molecule has 0 spiro atoms. The number of hydrogen-bond acceptors (Lipinski definition) is 3. The molecule has 0 aliphatic heterocycles. The van der Waals surface area contributed by atoms with Crippen molar-refractivity contribution in [2.45, 2.75) is 0 Å². The molecule has 2 aromatic rings. The van der Waals surface area contributed by atoms with E-state index in [0.717, 1.165) is 0 Å². The maximum Gasteiger partial charge on any atom is 0.292 e. The van der Waals surface area contributed by atoms with Gasteiger partial charge >= 0.3 is 0 Å². The van der Waals surface area contributed by atoms with E-state index in [2.05, 4.69) is 9.97 Å². The molecule has 0 N–H and O–H groups in total. The Kier molecular flexibility index (Phi) is 2.20. The summed E-state index contributed by atoms with van der Waals surface area (Å²) in [6.45, 7) is 0. The van der Waals surface area contributed by atoms with Crippen LogP contribution in [0.25, 0.3) is 11.5 Å². The number of pyridine rings is 1. The summed E-state index contributed by atoms with van der Waals surface area (Å²) < 4.78 is 5.06. The highest BCUT2D eigenvalue weighted by Gasteiger charge is 2.04. The van der Waals surface area contributed by atoms with Gasteiger partial charge in [0.1, 0.15) is 5.69 Å². The van der Waals surface area contributed by atoms with Gasteiger partial charge in [0.15, 0.2) is 5.76 Å². The van der Waals surface area contributed by atoms with Crippen LogP contribution in [0, 0.1) is 0 Å². The van der Waals surface area contributed by atoms with Gasteiger partial charge in [0, 0.05) is 6.20 Å². The van der Waals surface area contributed by atoms with Crippen molar-refractivity contribution < 1.29 is 4.42 Å². The van der Waals surface area contributed by atoms with Crippen LogP contribution in [-0.2, 0) is 0 Å². The summed E-state index contributed by atoms with van der Waals surface area (Å²) in [6.07, 6.45) is 3.05. The number of oxazole rings is 1. The van der Waals surface area contributed by atoms with Crippen LogP contribution in [0.15, 0.2) is 28.9 Å². The molecular formula is C8H4Cl2N2O. The van der Waals surface area contributed by atoms with Crippen molar-refractivity contribution in [1.82, 2.24) is 9.97 Å². The molecule has 0 aliphatic carbocycles. The fourth-order valence-electron chi connectivity index (χ4n) is 0.893. The molecule has 2 heterocycles. The van der Waals surface area contributed by atoms with Gasteiger partial charge in [-0.1, -0.05) is 11.6 Å². The first-order valence-corrected chi connectivity index (χ1v) is 4.24. The van der Waals surface area contributed by atoms with Gasteiger partial charge in [0.05, 0.1) is 11.2 Å². The molecule has 5 heteroatoms. The van der Waals surface area contributed by atoms with Gasteiger partial charge in [-0.15, -0.1) is 0 Å². The van der Waals surface area contributed by atoms with Crippen LogP contribution in [0.5, 0.6) is 0 Å². The van der Waals surface area contributed by atoms with E-state index in [-0.39, 0.29) is 5.35 Å². The highest BCUT2D eigenvalue weighted by Crippen LogP contribution is 2.21. The van der Waals surface area contributed by atoms with E-state index in [1.54, 1.807) is 12.1 Å². The second-order valence-electron chi connectivity index (χ2n) is 2.34. The van der Waals surface area contributed by atoms with Crippen LogP contribution in [0.3, 0.4) is 0 Å². The molecule has 0 aliphatic rings. The van der Waals surface area contributed by atoms with Gasteiger partial charge in [0.25, 0.3) is 5.35 Å². The summed E-state index contributed by atoms with van der Waals surface area (Å²) in [4.78, 5) is 7.78. The van der Waals surface area contributed by atoms with Crippen molar-refractivity contribution in [1.29, 1.82) is 0 Å². The average Bonchev–Trinajstić information content (AvgIpc) is 2.53. The van der Waals surface area contributed by atoms with Crippen molar-refractivity contribution in [2.75, 3.05) is 0 Å². The zero-order valence-corrected chi connectivity index (χ0v) is 7.88. The van der Waals surface area contributed by atoms with Gasteiger partial charge in [-0.25, -0.2) is 4.98 Å². The van der Waals surface area contributed by atoms with Crippen molar-refractivity contribution in [3.8, 4) is 11.5 Å². The summed E-state index contributed by atoms with van der Waals surface area (Å²) in [7, 11) is 0. The van der Waals surface area contributed by atoms with E-state index >= 15 is 0 Å². The molecule has 0 radical (unpaired) electrons. The highest BCUT2D eigenvalue weighted by atomic mass is 35.5. The van der Waals surface area contributed by atoms with Crippen molar-refractivity contribution in [3.05, 3.63) is 34.9 Å². The van der Waals surface area contributed by atoms with E-state index in [0.29, 0.717) is 16.5 Å². The van der Waals surface area contributed by atoms with E-state index in [4.69, 9.17) is 27.6 Å². The molecule has 66 valence electrons. The molecule has 0 bridgehead atoms. The van der Waals surface area contributed by atoms with Crippen LogP contribution in [0.1, 0.15) is 0 Å². The maximum atomic E-state index is 5.67. The van der Waals surface area contributed by atoms with Gasteiger partial charge in [-0.3, -0.25) is 4.98 Å². The van der Waals surface area contributed by atoms with Crippen molar-refractivity contribution in [3.63, 3.8) is 0 Å². The normalized spacial score (nSPS) is 10.3. The Morgan fingerprint density at radius 1 is 1.08 bits per heavy atom. The topological polar surface area (TPSA) is 38.9 Å². The Hall–Kier alpha value is -1.06. The number of nitrogens with zero attached hydrogens (tertiary/aromatic N) is 2. The number of halogens is 2. The molecule has 0 fully saturated rings. The molecule has 0 aromatic carbocycles. The maximum absolute atomic E-state index is 5.67. The summed E-state index contributed by atoms with van der Waals surface area (Å²) >= 11 is 11.2. The third-order valence-corrected chi connectivity index (χ3v) is 1.86. The standard InChI is InChI=1S/C8H4Cl2N2O/c9-5-1-2-6(11-3-5)7-4-12-8(10)13-7/h1-4H. The lowest BCUT2D eigenvalue weighted by molar-refractivity contribution is 0.572. The lowest BCUT2D eigenvalue weighted by atomic mass is 10.3. The monoisotopic (exact) mass is 214 g/mol. The Morgan fingerprint density at radius 3 is 2.46 bits per heavy atom. The van der Waals surface area contributed by atoms with E-state index < -0.39 is 0 Å². The third-order valence-electron chi connectivity index (χ3n) is 1.46. The molecule has 0 unspecified atom stereocenters. The summed E-state index contributed by atoms with van der Waals surface area (Å²) in [5.41, 5.74) is 0.656. The zero-order valence-electron chi connectivity index (χ0n) is 6.37. The second kappa shape index (κ2) is 3.36. The highest BCUT2D eigenvalue weighted by molar-refractivity contribution is 6.30. The Morgan fingerprint density at radius 2 is 1.92 bits per heavy atom. The molecule has 2 aromatic heterocycles.